The molecule has 0 aliphatic carbocycles. The number of hydrogen-bond acceptors (Lipinski definition) is 3. The molecular formula is C8H12N2O. The van der Waals surface area contributed by atoms with E-state index in [4.69, 9.17) is 4.42 Å². The predicted molar refractivity (Wildman–Crippen MR) is 42.7 cm³/mol. The number of anilines is 1. The highest BCUT2D eigenvalue weighted by molar-refractivity contribution is 5.27. The molecule has 60 valence electrons. The molecule has 0 amide bonds. The Morgan fingerprint density at radius 1 is 1.45 bits per heavy atom. The first-order chi connectivity index (χ1) is 5.36. The number of aromatic nitrogens is 1. The maximum Gasteiger partial charge on any atom is 0.297 e. The number of hydrogen-bond donors (Lipinski definition) is 0. The third-order valence-electron chi connectivity index (χ3n) is 1.99. The van der Waals surface area contributed by atoms with Crippen LogP contribution in [-0.4, -0.2) is 18.1 Å². The van der Waals surface area contributed by atoms with Gasteiger partial charge in [-0.3, -0.25) is 0 Å². The van der Waals surface area contributed by atoms with Gasteiger partial charge in [0.25, 0.3) is 6.01 Å². The molecule has 1 aliphatic rings. The first-order valence-corrected chi connectivity index (χ1v) is 4.03. The van der Waals surface area contributed by atoms with Crippen LogP contribution in [0.1, 0.15) is 18.6 Å². The van der Waals surface area contributed by atoms with E-state index in [0.717, 1.165) is 24.9 Å². The zero-order chi connectivity index (χ0) is 7.68. The van der Waals surface area contributed by atoms with Crippen molar-refractivity contribution in [2.75, 3.05) is 18.0 Å². The maximum absolute atomic E-state index is 5.38. The zero-order valence-corrected chi connectivity index (χ0v) is 6.71. The average molecular weight is 152 g/mol. The van der Waals surface area contributed by atoms with Gasteiger partial charge in [0, 0.05) is 13.1 Å². The van der Waals surface area contributed by atoms with Gasteiger partial charge in [-0.15, -0.1) is 0 Å². The lowest BCUT2D eigenvalue weighted by molar-refractivity contribution is 0.520. The molecule has 1 fully saturated rings. The smallest absolute Gasteiger partial charge is 0.297 e. The summed E-state index contributed by atoms with van der Waals surface area (Å²) >= 11 is 0. The van der Waals surface area contributed by atoms with Gasteiger partial charge in [0.1, 0.15) is 5.76 Å². The van der Waals surface area contributed by atoms with Crippen molar-refractivity contribution in [1.29, 1.82) is 0 Å². The summed E-state index contributed by atoms with van der Waals surface area (Å²) in [5.74, 6) is 0.895. The molecule has 0 unspecified atom stereocenters. The second-order valence-electron chi connectivity index (χ2n) is 2.95. The fourth-order valence-electron chi connectivity index (χ4n) is 1.40. The van der Waals surface area contributed by atoms with Crippen molar-refractivity contribution in [2.45, 2.75) is 19.8 Å². The van der Waals surface area contributed by atoms with Crippen molar-refractivity contribution >= 4 is 6.01 Å². The van der Waals surface area contributed by atoms with E-state index >= 15 is 0 Å². The van der Waals surface area contributed by atoms with Crippen LogP contribution in [0.5, 0.6) is 0 Å². The van der Waals surface area contributed by atoms with E-state index < -0.39 is 0 Å². The fraction of sp³-hybridized carbons (Fsp3) is 0.625. The largest absolute Gasteiger partial charge is 0.429 e. The van der Waals surface area contributed by atoms with Crippen LogP contribution in [0.3, 0.4) is 0 Å². The molecule has 1 saturated heterocycles. The summed E-state index contributed by atoms with van der Waals surface area (Å²) in [6.07, 6.45) is 4.30. The summed E-state index contributed by atoms with van der Waals surface area (Å²) in [5, 5.41) is 0. The van der Waals surface area contributed by atoms with Crippen LogP contribution < -0.4 is 4.90 Å². The second kappa shape index (κ2) is 2.57. The van der Waals surface area contributed by atoms with Gasteiger partial charge in [0.05, 0.1) is 6.20 Å². The van der Waals surface area contributed by atoms with Gasteiger partial charge in [-0.25, -0.2) is 4.98 Å². The van der Waals surface area contributed by atoms with E-state index in [2.05, 4.69) is 9.88 Å². The lowest BCUT2D eigenvalue weighted by atomic mass is 10.4. The normalized spacial score (nSPS) is 17.7. The van der Waals surface area contributed by atoms with E-state index in [1.807, 2.05) is 6.92 Å². The second-order valence-corrected chi connectivity index (χ2v) is 2.95. The highest BCUT2D eigenvalue weighted by Crippen LogP contribution is 2.18. The molecule has 0 atom stereocenters. The molecule has 3 nitrogen and oxygen atoms in total. The lowest BCUT2D eigenvalue weighted by Crippen LogP contribution is -2.17. The minimum Gasteiger partial charge on any atom is -0.429 e. The molecule has 0 N–H and O–H groups in total. The standard InChI is InChI=1S/C8H12N2O/c1-7-6-9-8(11-7)10-4-2-3-5-10/h6H,2-5H2,1H3. The van der Waals surface area contributed by atoms with Crippen LogP contribution in [0.2, 0.25) is 0 Å². The molecule has 0 saturated carbocycles. The van der Waals surface area contributed by atoms with Crippen molar-refractivity contribution in [3.05, 3.63) is 12.0 Å². The number of oxazole rings is 1. The third kappa shape index (κ3) is 1.23. The summed E-state index contributed by atoms with van der Waals surface area (Å²) in [5.41, 5.74) is 0. The molecule has 0 bridgehead atoms. The molecule has 1 aromatic rings. The minimum absolute atomic E-state index is 0.792. The predicted octanol–water partition coefficient (Wildman–Crippen LogP) is 1.58. The lowest BCUT2D eigenvalue weighted by Gasteiger charge is -2.10. The molecular weight excluding hydrogens is 140 g/mol. The maximum atomic E-state index is 5.38. The van der Waals surface area contributed by atoms with Crippen LogP contribution in [-0.2, 0) is 0 Å². The van der Waals surface area contributed by atoms with Crippen LogP contribution in [0.25, 0.3) is 0 Å². The van der Waals surface area contributed by atoms with Crippen LogP contribution in [0.4, 0.5) is 6.01 Å². The molecule has 1 aliphatic heterocycles. The topological polar surface area (TPSA) is 29.3 Å². The highest BCUT2D eigenvalue weighted by atomic mass is 16.4. The van der Waals surface area contributed by atoms with E-state index in [-0.39, 0.29) is 0 Å². The van der Waals surface area contributed by atoms with Gasteiger partial charge in [-0.1, -0.05) is 0 Å². The van der Waals surface area contributed by atoms with Crippen LogP contribution >= 0.6 is 0 Å². The Balaban J connectivity index is 2.15. The number of nitrogens with zero attached hydrogens (tertiary/aromatic N) is 2. The first kappa shape index (κ1) is 6.70. The fourth-order valence-corrected chi connectivity index (χ4v) is 1.40. The molecule has 0 radical (unpaired) electrons. The Morgan fingerprint density at radius 2 is 2.18 bits per heavy atom. The van der Waals surface area contributed by atoms with Gasteiger partial charge in [-0.05, 0) is 19.8 Å². The molecule has 0 spiro atoms. The Hall–Kier alpha value is -0.990. The summed E-state index contributed by atoms with van der Waals surface area (Å²) in [6.45, 7) is 4.12. The Morgan fingerprint density at radius 3 is 2.73 bits per heavy atom. The Kier molecular flexibility index (Phi) is 1.56. The Labute approximate surface area is 66.0 Å². The van der Waals surface area contributed by atoms with Gasteiger partial charge in [0.15, 0.2) is 0 Å². The molecule has 3 heteroatoms. The highest BCUT2D eigenvalue weighted by Gasteiger charge is 2.15. The van der Waals surface area contributed by atoms with Crippen LogP contribution in [0.15, 0.2) is 10.6 Å². The van der Waals surface area contributed by atoms with E-state index in [9.17, 15) is 0 Å². The van der Waals surface area contributed by atoms with Crippen molar-refractivity contribution in [3.63, 3.8) is 0 Å². The van der Waals surface area contributed by atoms with Crippen LogP contribution in [0, 0.1) is 6.92 Å². The molecule has 1 aromatic heterocycles. The molecule has 0 aromatic carbocycles. The number of aryl methyl sites for hydroxylation is 1. The Bertz CT molecular complexity index is 238. The molecule has 2 heterocycles. The van der Waals surface area contributed by atoms with Crippen molar-refractivity contribution in [3.8, 4) is 0 Å². The zero-order valence-electron chi connectivity index (χ0n) is 6.71. The number of rotatable bonds is 1. The third-order valence-corrected chi connectivity index (χ3v) is 1.99. The summed E-state index contributed by atoms with van der Waals surface area (Å²) in [7, 11) is 0. The quantitative estimate of drug-likeness (QED) is 0.612. The summed E-state index contributed by atoms with van der Waals surface area (Å²) in [4.78, 5) is 6.34. The van der Waals surface area contributed by atoms with Crippen molar-refractivity contribution in [1.82, 2.24) is 4.98 Å². The first-order valence-electron chi connectivity index (χ1n) is 4.03. The van der Waals surface area contributed by atoms with E-state index in [1.54, 1.807) is 6.20 Å². The van der Waals surface area contributed by atoms with Gasteiger partial charge in [-0.2, -0.15) is 0 Å². The van der Waals surface area contributed by atoms with E-state index in [1.165, 1.54) is 12.8 Å². The van der Waals surface area contributed by atoms with Gasteiger partial charge in [0.2, 0.25) is 0 Å². The minimum atomic E-state index is 0.792. The SMILES string of the molecule is Cc1cnc(N2CCCC2)o1. The molecule has 2 rings (SSSR count). The van der Waals surface area contributed by atoms with E-state index in [0.29, 0.717) is 0 Å². The van der Waals surface area contributed by atoms with Crippen molar-refractivity contribution in [2.24, 2.45) is 0 Å². The monoisotopic (exact) mass is 152 g/mol. The van der Waals surface area contributed by atoms with Gasteiger partial charge >= 0.3 is 0 Å². The van der Waals surface area contributed by atoms with Crippen molar-refractivity contribution < 1.29 is 4.42 Å². The summed E-state index contributed by atoms with van der Waals surface area (Å²) in [6, 6.07) is 0.792. The van der Waals surface area contributed by atoms with Gasteiger partial charge < -0.3 is 9.32 Å². The average Bonchev–Trinajstić information content (AvgIpc) is 2.55. The summed E-state index contributed by atoms with van der Waals surface area (Å²) < 4.78 is 5.38. The molecule has 11 heavy (non-hydrogen) atoms.